The fraction of sp³-hybridized carbons (Fsp3) is 0.409. The molecule has 6 rings (SSSR count). The molecule has 1 fully saturated rings. The summed E-state index contributed by atoms with van der Waals surface area (Å²) in [4.78, 5) is 16.2. The van der Waals surface area contributed by atoms with E-state index in [4.69, 9.17) is 9.84 Å². The normalized spacial score (nSPS) is 16.3. The average Bonchev–Trinajstić information content (AvgIpc) is 3.53. The standard InChI is InChI=1S/C22H25N9O/c1-29-22-16(14-25-29)20-23-7-6-18(27-20)26-19-12-17-15(13-24-19)21(30-8-2-3-9-30)28-31(17)10-4-5-11-32-22/h6-7,12-14H,2-5,8-11H2,1H3,(H,23,24,26,27). The van der Waals surface area contributed by atoms with E-state index in [0.29, 0.717) is 24.1 Å². The number of hydrogen-bond donors (Lipinski definition) is 1. The highest BCUT2D eigenvalue weighted by Crippen LogP contribution is 2.31. The van der Waals surface area contributed by atoms with Gasteiger partial charge in [-0.1, -0.05) is 0 Å². The van der Waals surface area contributed by atoms with Crippen molar-refractivity contribution in [2.45, 2.75) is 32.2 Å². The van der Waals surface area contributed by atoms with Crippen LogP contribution in [0.2, 0.25) is 0 Å². The molecule has 164 valence electrons. The molecule has 0 atom stereocenters. The number of anilines is 3. The first-order valence-electron chi connectivity index (χ1n) is 11.1. The SMILES string of the molecule is Cn1ncc2c1OCCCCn1nc(N3CCCC3)c3cnc(cc31)Nc1ccnc-2n1. The molecule has 0 amide bonds. The molecule has 6 heterocycles. The maximum atomic E-state index is 6.09. The molecule has 0 spiro atoms. The molecule has 0 aromatic carbocycles. The minimum absolute atomic E-state index is 0.565. The second kappa shape index (κ2) is 7.77. The second-order valence-electron chi connectivity index (χ2n) is 8.26. The van der Waals surface area contributed by atoms with Gasteiger partial charge in [-0.25, -0.2) is 19.6 Å². The summed E-state index contributed by atoms with van der Waals surface area (Å²) in [5.74, 6) is 3.67. The van der Waals surface area contributed by atoms with Gasteiger partial charge in [0.15, 0.2) is 11.6 Å². The number of aryl methyl sites for hydroxylation is 2. The summed E-state index contributed by atoms with van der Waals surface area (Å²) in [6.07, 6.45) is 9.69. The summed E-state index contributed by atoms with van der Waals surface area (Å²) in [6, 6.07) is 3.90. The fourth-order valence-electron chi connectivity index (χ4n) is 4.43. The largest absolute Gasteiger partial charge is 0.477 e. The lowest BCUT2D eigenvalue weighted by Gasteiger charge is -2.14. The van der Waals surface area contributed by atoms with E-state index >= 15 is 0 Å². The minimum Gasteiger partial charge on any atom is -0.477 e. The topological polar surface area (TPSA) is 98.8 Å². The maximum Gasteiger partial charge on any atom is 0.222 e. The third-order valence-corrected chi connectivity index (χ3v) is 6.06. The number of ether oxygens (including phenoxy) is 1. The van der Waals surface area contributed by atoms with E-state index < -0.39 is 0 Å². The Kier molecular flexibility index (Phi) is 4.62. The van der Waals surface area contributed by atoms with Gasteiger partial charge in [0.05, 0.1) is 23.7 Å². The first-order chi connectivity index (χ1) is 15.8. The number of nitrogens with zero attached hydrogens (tertiary/aromatic N) is 8. The van der Waals surface area contributed by atoms with Crippen molar-refractivity contribution in [2.75, 3.05) is 29.9 Å². The average molecular weight is 432 g/mol. The van der Waals surface area contributed by atoms with Crippen molar-refractivity contribution in [3.05, 3.63) is 30.7 Å². The van der Waals surface area contributed by atoms with Gasteiger partial charge in [0, 0.05) is 45.1 Å². The monoisotopic (exact) mass is 431 g/mol. The molecule has 1 saturated heterocycles. The van der Waals surface area contributed by atoms with Crippen LogP contribution in [0.4, 0.5) is 17.5 Å². The molecular formula is C22H25N9O. The van der Waals surface area contributed by atoms with Gasteiger partial charge in [0.25, 0.3) is 0 Å². The van der Waals surface area contributed by atoms with Crippen LogP contribution in [0.3, 0.4) is 0 Å². The zero-order chi connectivity index (χ0) is 21.5. The Balaban J connectivity index is 1.43. The number of fused-ring (bicyclic) bond motifs is 5. The van der Waals surface area contributed by atoms with Crippen LogP contribution in [-0.4, -0.2) is 54.2 Å². The molecule has 4 aromatic rings. The number of pyridine rings is 1. The molecule has 0 aliphatic carbocycles. The summed E-state index contributed by atoms with van der Waals surface area (Å²) < 4.78 is 9.92. The van der Waals surface area contributed by atoms with Gasteiger partial charge >= 0.3 is 0 Å². The first-order valence-corrected chi connectivity index (χ1v) is 11.1. The quantitative estimate of drug-likeness (QED) is 0.491. The van der Waals surface area contributed by atoms with Crippen LogP contribution in [0, 0.1) is 0 Å². The number of hydrogen-bond acceptors (Lipinski definition) is 8. The van der Waals surface area contributed by atoms with Crippen LogP contribution in [0.25, 0.3) is 22.3 Å². The third-order valence-electron chi connectivity index (χ3n) is 6.06. The molecule has 4 bridgehead atoms. The Morgan fingerprint density at radius 1 is 1.00 bits per heavy atom. The molecule has 1 N–H and O–H groups in total. The van der Waals surface area contributed by atoms with E-state index in [0.717, 1.165) is 60.6 Å². The summed E-state index contributed by atoms with van der Waals surface area (Å²) in [5, 5.41) is 13.8. The van der Waals surface area contributed by atoms with E-state index in [2.05, 4.69) is 41.0 Å². The van der Waals surface area contributed by atoms with Crippen molar-refractivity contribution in [1.29, 1.82) is 0 Å². The molecule has 10 heteroatoms. The fourth-order valence-corrected chi connectivity index (χ4v) is 4.43. The van der Waals surface area contributed by atoms with Crippen molar-refractivity contribution in [1.82, 2.24) is 34.5 Å². The van der Waals surface area contributed by atoms with Gasteiger partial charge in [-0.05, 0) is 31.7 Å². The van der Waals surface area contributed by atoms with Crippen molar-refractivity contribution >= 4 is 28.4 Å². The Morgan fingerprint density at radius 3 is 2.78 bits per heavy atom. The van der Waals surface area contributed by atoms with Crippen LogP contribution in [-0.2, 0) is 13.6 Å². The number of nitrogens with one attached hydrogen (secondary N) is 1. The Morgan fingerprint density at radius 2 is 1.88 bits per heavy atom. The molecular weight excluding hydrogens is 406 g/mol. The van der Waals surface area contributed by atoms with E-state index in [1.807, 2.05) is 19.3 Å². The highest BCUT2D eigenvalue weighted by atomic mass is 16.5. The van der Waals surface area contributed by atoms with Crippen molar-refractivity contribution in [3.8, 4) is 17.3 Å². The van der Waals surface area contributed by atoms with E-state index in [-0.39, 0.29) is 0 Å². The summed E-state index contributed by atoms with van der Waals surface area (Å²) in [5.41, 5.74) is 1.86. The van der Waals surface area contributed by atoms with E-state index in [9.17, 15) is 0 Å². The minimum atomic E-state index is 0.565. The molecule has 2 aliphatic heterocycles. The van der Waals surface area contributed by atoms with E-state index in [1.54, 1.807) is 17.1 Å². The smallest absolute Gasteiger partial charge is 0.222 e. The van der Waals surface area contributed by atoms with Crippen LogP contribution < -0.4 is 15.0 Å². The zero-order valence-corrected chi connectivity index (χ0v) is 18.0. The lowest BCUT2D eigenvalue weighted by molar-refractivity contribution is 0.279. The maximum absolute atomic E-state index is 6.09. The summed E-state index contributed by atoms with van der Waals surface area (Å²) in [7, 11) is 1.87. The molecule has 0 unspecified atom stereocenters. The Hall–Kier alpha value is -3.69. The molecule has 10 nitrogen and oxygen atoms in total. The zero-order valence-electron chi connectivity index (χ0n) is 18.0. The van der Waals surface area contributed by atoms with Gasteiger partial charge in [-0.2, -0.15) is 10.2 Å². The summed E-state index contributed by atoms with van der Waals surface area (Å²) in [6.45, 7) is 3.52. The second-order valence-corrected chi connectivity index (χ2v) is 8.26. The highest BCUT2D eigenvalue weighted by molar-refractivity contribution is 5.92. The molecule has 2 aliphatic rings. The predicted molar refractivity (Wildman–Crippen MR) is 121 cm³/mol. The van der Waals surface area contributed by atoms with Gasteiger partial charge in [0.2, 0.25) is 5.88 Å². The molecule has 0 radical (unpaired) electrons. The van der Waals surface area contributed by atoms with Gasteiger partial charge in [0.1, 0.15) is 17.2 Å². The Bertz CT molecular complexity index is 1270. The lowest BCUT2D eigenvalue weighted by atomic mass is 10.2. The van der Waals surface area contributed by atoms with Crippen molar-refractivity contribution < 1.29 is 4.74 Å². The van der Waals surface area contributed by atoms with Gasteiger partial charge in [-0.15, -0.1) is 0 Å². The predicted octanol–water partition coefficient (Wildman–Crippen LogP) is 3.14. The lowest BCUT2D eigenvalue weighted by Crippen LogP contribution is -2.18. The van der Waals surface area contributed by atoms with Crippen LogP contribution in [0.1, 0.15) is 25.7 Å². The van der Waals surface area contributed by atoms with E-state index in [1.165, 1.54) is 12.8 Å². The molecule has 32 heavy (non-hydrogen) atoms. The molecule has 4 aromatic heterocycles. The van der Waals surface area contributed by atoms with Crippen molar-refractivity contribution in [3.63, 3.8) is 0 Å². The van der Waals surface area contributed by atoms with Crippen LogP contribution in [0.5, 0.6) is 5.88 Å². The Labute approximate surface area is 185 Å². The highest BCUT2D eigenvalue weighted by Gasteiger charge is 2.21. The number of aromatic nitrogens is 7. The third kappa shape index (κ3) is 3.31. The van der Waals surface area contributed by atoms with Crippen LogP contribution >= 0.6 is 0 Å². The number of rotatable bonds is 1. The summed E-state index contributed by atoms with van der Waals surface area (Å²) >= 11 is 0. The van der Waals surface area contributed by atoms with Gasteiger partial charge < -0.3 is 15.0 Å². The van der Waals surface area contributed by atoms with Crippen molar-refractivity contribution in [2.24, 2.45) is 7.05 Å². The molecule has 0 saturated carbocycles. The van der Waals surface area contributed by atoms with Crippen LogP contribution in [0.15, 0.2) is 30.7 Å². The first kappa shape index (κ1) is 19.0. The van der Waals surface area contributed by atoms with Gasteiger partial charge in [-0.3, -0.25) is 4.68 Å².